The highest BCUT2D eigenvalue weighted by Crippen LogP contribution is 2.23. The van der Waals surface area contributed by atoms with Crippen LogP contribution >= 0.6 is 0 Å². The molecule has 1 saturated heterocycles. The first-order valence-corrected chi connectivity index (χ1v) is 12.8. The van der Waals surface area contributed by atoms with Gasteiger partial charge in [0.25, 0.3) is 5.56 Å². The lowest BCUT2D eigenvalue weighted by Crippen LogP contribution is -2.32. The van der Waals surface area contributed by atoms with Gasteiger partial charge in [0.1, 0.15) is 5.65 Å². The van der Waals surface area contributed by atoms with E-state index in [2.05, 4.69) is 28.0 Å². The van der Waals surface area contributed by atoms with Gasteiger partial charge in [-0.25, -0.2) is 9.97 Å². The van der Waals surface area contributed by atoms with Gasteiger partial charge in [-0.3, -0.25) is 9.36 Å². The summed E-state index contributed by atoms with van der Waals surface area (Å²) in [6.07, 6.45) is 7.53. The van der Waals surface area contributed by atoms with Crippen molar-refractivity contribution in [2.45, 2.75) is 19.4 Å². The molecule has 0 saturated carbocycles. The smallest absolute Gasteiger partial charge is 0.253 e. The van der Waals surface area contributed by atoms with Crippen LogP contribution in [0.1, 0.15) is 24.0 Å². The molecule has 0 atom stereocenters. The highest BCUT2D eigenvalue weighted by molar-refractivity contribution is 5.87. The molecule has 2 aromatic carbocycles. The summed E-state index contributed by atoms with van der Waals surface area (Å²) in [6.45, 7) is 3.32. The molecule has 0 radical (unpaired) electrons. The second-order valence-corrected chi connectivity index (χ2v) is 10.00. The van der Waals surface area contributed by atoms with Gasteiger partial charge < -0.3 is 14.0 Å². The van der Waals surface area contributed by atoms with Gasteiger partial charge in [0.15, 0.2) is 11.6 Å². The second-order valence-electron chi connectivity index (χ2n) is 10.00. The van der Waals surface area contributed by atoms with E-state index in [4.69, 9.17) is 4.74 Å². The summed E-state index contributed by atoms with van der Waals surface area (Å²) in [7, 11) is 2.16. The maximum absolute atomic E-state index is 12.9. The molecule has 0 N–H and O–H groups in total. The lowest BCUT2D eigenvalue weighted by molar-refractivity contribution is 0.159. The third-order valence-electron chi connectivity index (χ3n) is 7.34. The zero-order valence-corrected chi connectivity index (χ0v) is 21.2. The Morgan fingerprint density at radius 2 is 1.87 bits per heavy atom. The van der Waals surface area contributed by atoms with Crippen LogP contribution in [0.15, 0.2) is 78.0 Å². The molecule has 0 bridgehead atoms. The van der Waals surface area contributed by atoms with Crippen LogP contribution in [0, 0.1) is 17.2 Å². The molecular weight excluding hydrogens is 476 g/mol. The van der Waals surface area contributed by atoms with Crippen molar-refractivity contribution in [2.24, 2.45) is 5.92 Å². The quantitative estimate of drug-likeness (QED) is 0.342. The average Bonchev–Trinajstić information content (AvgIpc) is 3.33. The fourth-order valence-electron chi connectivity index (χ4n) is 5.11. The van der Waals surface area contributed by atoms with Gasteiger partial charge in [0, 0.05) is 23.2 Å². The fraction of sp³-hybridized carbons (Fsp3) is 0.267. The van der Waals surface area contributed by atoms with Crippen LogP contribution in [-0.4, -0.2) is 50.6 Å². The number of ether oxygens (including phenoxy) is 1. The lowest BCUT2D eigenvalue weighted by Gasteiger charge is -2.28. The molecule has 3 aromatic heterocycles. The van der Waals surface area contributed by atoms with E-state index in [9.17, 15) is 10.1 Å². The maximum atomic E-state index is 12.9. The van der Waals surface area contributed by atoms with Crippen molar-refractivity contribution < 1.29 is 4.74 Å². The Labute approximate surface area is 220 Å². The Morgan fingerprint density at radius 3 is 2.66 bits per heavy atom. The Bertz CT molecular complexity index is 1710. The van der Waals surface area contributed by atoms with Crippen LogP contribution < -0.4 is 10.3 Å². The molecule has 1 fully saturated rings. The van der Waals surface area contributed by atoms with Crippen molar-refractivity contribution in [1.29, 1.82) is 5.26 Å². The molecule has 8 nitrogen and oxygen atoms in total. The number of aromatic nitrogens is 4. The molecule has 0 spiro atoms. The van der Waals surface area contributed by atoms with Crippen molar-refractivity contribution in [3.05, 3.63) is 94.7 Å². The second kappa shape index (κ2) is 10.1. The third-order valence-corrected chi connectivity index (χ3v) is 7.34. The van der Waals surface area contributed by atoms with E-state index < -0.39 is 0 Å². The van der Waals surface area contributed by atoms with Gasteiger partial charge in [-0.1, -0.05) is 24.3 Å². The van der Waals surface area contributed by atoms with Gasteiger partial charge in [0.05, 0.1) is 42.7 Å². The van der Waals surface area contributed by atoms with Crippen LogP contribution in [0.4, 0.5) is 0 Å². The summed E-state index contributed by atoms with van der Waals surface area (Å²) in [5.41, 5.74) is 4.01. The summed E-state index contributed by atoms with van der Waals surface area (Å²) >= 11 is 0. The van der Waals surface area contributed by atoms with Crippen molar-refractivity contribution in [1.82, 2.24) is 23.8 Å². The Balaban J connectivity index is 1.22. The number of hydrogen-bond donors (Lipinski definition) is 0. The van der Waals surface area contributed by atoms with Crippen LogP contribution in [0.2, 0.25) is 0 Å². The van der Waals surface area contributed by atoms with Gasteiger partial charge in [-0.05, 0) is 68.7 Å². The number of nitriles is 1. The zero-order chi connectivity index (χ0) is 26.1. The van der Waals surface area contributed by atoms with Gasteiger partial charge in [0.2, 0.25) is 0 Å². The molecule has 1 aliphatic rings. The number of benzene rings is 2. The normalized spacial score (nSPS) is 14.6. The first-order chi connectivity index (χ1) is 18.6. The zero-order valence-electron chi connectivity index (χ0n) is 21.2. The Morgan fingerprint density at radius 1 is 1.05 bits per heavy atom. The largest absolute Gasteiger partial charge is 0.490 e. The minimum atomic E-state index is -0.0893. The topological polar surface area (TPSA) is 88.5 Å². The third kappa shape index (κ3) is 4.76. The van der Waals surface area contributed by atoms with Gasteiger partial charge in [-0.15, -0.1) is 0 Å². The standard InChI is InChI=1S/C30H28N6O2/c1-34-10-7-21(8-11-34)20-38-26-17-32-30(33-18-26)25-4-2-3-23(13-25)19-36-28-15-24-6-5-22(16-31)14-27(24)35(28)12-9-29(36)37/h2-6,9,12-15,17-18,21H,7-8,10-11,19-20H2,1H3. The first-order valence-electron chi connectivity index (χ1n) is 12.8. The van der Waals surface area contributed by atoms with E-state index in [1.165, 1.54) is 0 Å². The average molecular weight is 505 g/mol. The summed E-state index contributed by atoms with van der Waals surface area (Å²) in [6, 6.07) is 19.2. The number of piperidine rings is 1. The number of nitrogens with zero attached hydrogens (tertiary/aromatic N) is 6. The van der Waals surface area contributed by atoms with Crippen molar-refractivity contribution in [3.63, 3.8) is 0 Å². The minimum absolute atomic E-state index is 0.0893. The molecule has 8 heteroatoms. The molecule has 190 valence electrons. The summed E-state index contributed by atoms with van der Waals surface area (Å²) in [5, 5.41) is 10.3. The summed E-state index contributed by atoms with van der Waals surface area (Å²) in [5.74, 6) is 1.87. The molecular formula is C30H28N6O2. The van der Waals surface area contributed by atoms with Gasteiger partial charge >= 0.3 is 0 Å². The van der Waals surface area contributed by atoms with E-state index in [-0.39, 0.29) is 5.56 Å². The maximum Gasteiger partial charge on any atom is 0.253 e. The molecule has 38 heavy (non-hydrogen) atoms. The first kappa shape index (κ1) is 23.9. The molecule has 4 heterocycles. The fourth-order valence-corrected chi connectivity index (χ4v) is 5.11. The molecule has 5 aromatic rings. The summed E-state index contributed by atoms with van der Waals surface area (Å²) in [4.78, 5) is 24.3. The lowest BCUT2D eigenvalue weighted by atomic mass is 9.98. The van der Waals surface area contributed by atoms with E-state index in [1.54, 1.807) is 35.3 Å². The van der Waals surface area contributed by atoms with Crippen molar-refractivity contribution in [3.8, 4) is 23.2 Å². The Kier molecular flexibility index (Phi) is 6.36. The van der Waals surface area contributed by atoms with E-state index in [0.717, 1.165) is 53.6 Å². The van der Waals surface area contributed by atoms with Crippen LogP contribution in [-0.2, 0) is 6.54 Å². The molecule has 6 rings (SSSR count). The predicted molar refractivity (Wildman–Crippen MR) is 146 cm³/mol. The van der Waals surface area contributed by atoms with Crippen molar-refractivity contribution >= 4 is 16.6 Å². The molecule has 0 aliphatic carbocycles. The SMILES string of the molecule is CN1CCC(COc2cnc(-c3cccc(Cn4c(=O)ccn5c6cc(C#N)ccc6cc45)c3)nc2)CC1. The number of hydrogen-bond acceptors (Lipinski definition) is 6. The van der Waals surface area contributed by atoms with Crippen LogP contribution in [0.3, 0.4) is 0 Å². The highest BCUT2D eigenvalue weighted by atomic mass is 16.5. The minimum Gasteiger partial charge on any atom is -0.490 e. The number of likely N-dealkylation sites (tertiary alicyclic amines) is 1. The molecule has 0 amide bonds. The van der Waals surface area contributed by atoms with Crippen LogP contribution in [0.5, 0.6) is 5.75 Å². The predicted octanol–water partition coefficient (Wildman–Crippen LogP) is 4.35. The Hall–Kier alpha value is -4.48. The summed E-state index contributed by atoms with van der Waals surface area (Å²) < 4.78 is 9.66. The van der Waals surface area contributed by atoms with Crippen molar-refractivity contribution in [2.75, 3.05) is 26.7 Å². The van der Waals surface area contributed by atoms with E-state index in [1.807, 2.05) is 46.9 Å². The monoisotopic (exact) mass is 504 g/mol. The number of rotatable bonds is 6. The van der Waals surface area contributed by atoms with Gasteiger partial charge in [-0.2, -0.15) is 5.26 Å². The van der Waals surface area contributed by atoms with E-state index in [0.29, 0.717) is 36.2 Å². The van der Waals surface area contributed by atoms with Crippen LogP contribution in [0.25, 0.3) is 27.9 Å². The molecule has 0 unspecified atom stereocenters. The highest BCUT2D eigenvalue weighted by Gasteiger charge is 2.17. The number of fused-ring (bicyclic) bond motifs is 3. The van der Waals surface area contributed by atoms with E-state index >= 15 is 0 Å². The molecule has 1 aliphatic heterocycles.